The van der Waals surface area contributed by atoms with Crippen molar-refractivity contribution in [3.8, 4) is 22.4 Å². The van der Waals surface area contributed by atoms with Crippen molar-refractivity contribution in [3.63, 3.8) is 0 Å². The van der Waals surface area contributed by atoms with E-state index in [0.29, 0.717) is 5.95 Å². The van der Waals surface area contributed by atoms with Crippen molar-refractivity contribution in [3.05, 3.63) is 73.3 Å². The third-order valence-corrected chi connectivity index (χ3v) is 6.25. The van der Waals surface area contributed by atoms with Crippen molar-refractivity contribution in [2.75, 3.05) is 18.1 Å². The Morgan fingerprint density at radius 1 is 0.971 bits per heavy atom. The first-order valence-electron chi connectivity index (χ1n) is 11.8. The molecule has 1 aliphatic heterocycles. The molecule has 1 atom stereocenters. The minimum atomic E-state index is 0.0340. The molecule has 7 nitrogen and oxygen atoms in total. The summed E-state index contributed by atoms with van der Waals surface area (Å²) in [5.74, 6) is 0.713. The lowest BCUT2D eigenvalue weighted by Crippen LogP contribution is -2.34. The van der Waals surface area contributed by atoms with E-state index in [0.717, 1.165) is 52.8 Å². The van der Waals surface area contributed by atoms with E-state index in [9.17, 15) is 5.11 Å². The Labute approximate surface area is 198 Å². The molecule has 3 aromatic heterocycles. The van der Waals surface area contributed by atoms with Crippen LogP contribution in [0.1, 0.15) is 26.7 Å². The summed E-state index contributed by atoms with van der Waals surface area (Å²) in [6.45, 7) is 4.92. The molecule has 0 spiro atoms. The summed E-state index contributed by atoms with van der Waals surface area (Å²) < 4.78 is 1.81. The van der Waals surface area contributed by atoms with Crippen LogP contribution in [0.4, 0.5) is 5.95 Å². The average molecular weight is 453 g/mol. The van der Waals surface area contributed by atoms with Crippen molar-refractivity contribution >= 4 is 22.4 Å². The number of aliphatic hydroxyl groups excluding tert-OH is 1. The zero-order chi connectivity index (χ0) is 23.5. The van der Waals surface area contributed by atoms with Crippen LogP contribution in [-0.4, -0.2) is 48.9 Å². The fourth-order valence-electron chi connectivity index (χ4n) is 4.67. The molecule has 0 radical (unpaired) electrons. The Bertz CT molecular complexity index is 1420. The van der Waals surface area contributed by atoms with Gasteiger partial charge in [-0.25, -0.2) is 9.97 Å². The van der Waals surface area contributed by atoms with Gasteiger partial charge >= 0.3 is 0 Å². The standard InChI is InChI=1S/C25H22N6O.C2H6/c32-15-21-6-3-13-30(21)25-29-23(18-9-11-26-12-10-18)22(24-27-16-28-31(24)25)20-8-7-17-4-1-2-5-19(17)14-20;1-2/h1-2,4-5,7-12,14,16,21,32H,3,6,13,15H2;1-2H3/t21-;/m1./s1. The van der Waals surface area contributed by atoms with E-state index >= 15 is 0 Å². The Morgan fingerprint density at radius 3 is 2.56 bits per heavy atom. The Hall–Kier alpha value is -3.84. The van der Waals surface area contributed by atoms with Crippen molar-refractivity contribution in [2.24, 2.45) is 0 Å². The van der Waals surface area contributed by atoms with E-state index < -0.39 is 0 Å². The molecule has 0 saturated carbocycles. The molecule has 1 N–H and O–H groups in total. The number of aromatic nitrogens is 5. The first-order chi connectivity index (χ1) is 16.8. The number of rotatable bonds is 4. The average Bonchev–Trinajstić information content (AvgIpc) is 3.59. The highest BCUT2D eigenvalue weighted by Gasteiger charge is 2.29. The highest BCUT2D eigenvalue weighted by atomic mass is 16.3. The van der Waals surface area contributed by atoms with Crippen LogP contribution in [0.2, 0.25) is 0 Å². The number of aliphatic hydroxyl groups is 1. The smallest absolute Gasteiger partial charge is 0.229 e. The summed E-state index contributed by atoms with van der Waals surface area (Å²) in [7, 11) is 0. The lowest BCUT2D eigenvalue weighted by molar-refractivity contribution is 0.265. The largest absolute Gasteiger partial charge is 0.394 e. The number of anilines is 1. The molecule has 4 heterocycles. The quantitative estimate of drug-likeness (QED) is 0.414. The highest BCUT2D eigenvalue weighted by Crippen LogP contribution is 2.37. The van der Waals surface area contributed by atoms with E-state index in [2.05, 4.69) is 50.3 Å². The van der Waals surface area contributed by atoms with Crippen LogP contribution in [-0.2, 0) is 0 Å². The fourth-order valence-corrected chi connectivity index (χ4v) is 4.67. The van der Waals surface area contributed by atoms with E-state index in [1.807, 2.05) is 42.6 Å². The van der Waals surface area contributed by atoms with Gasteiger partial charge in [-0.2, -0.15) is 9.61 Å². The molecule has 1 saturated heterocycles. The second-order valence-electron chi connectivity index (χ2n) is 8.10. The molecular weight excluding hydrogens is 424 g/mol. The van der Waals surface area contributed by atoms with Crippen molar-refractivity contribution in [1.82, 2.24) is 24.6 Å². The van der Waals surface area contributed by atoms with Crippen molar-refractivity contribution in [2.45, 2.75) is 32.7 Å². The lowest BCUT2D eigenvalue weighted by Gasteiger charge is -2.25. The van der Waals surface area contributed by atoms with Gasteiger partial charge < -0.3 is 10.0 Å². The minimum absolute atomic E-state index is 0.0340. The highest BCUT2D eigenvalue weighted by molar-refractivity contribution is 5.95. The molecule has 0 amide bonds. The SMILES string of the molecule is CC.OC[C@H]1CCCN1c1nc(-c2ccncc2)c(-c2ccc3ccccc3c2)c2ncnn12. The maximum Gasteiger partial charge on any atom is 0.229 e. The molecule has 0 unspecified atom stereocenters. The minimum Gasteiger partial charge on any atom is -0.394 e. The molecule has 6 rings (SSSR count). The van der Waals surface area contributed by atoms with Crippen molar-refractivity contribution < 1.29 is 5.11 Å². The maximum absolute atomic E-state index is 9.92. The third-order valence-electron chi connectivity index (χ3n) is 6.25. The molecule has 34 heavy (non-hydrogen) atoms. The number of hydrogen-bond donors (Lipinski definition) is 1. The van der Waals surface area contributed by atoms with Gasteiger partial charge in [0.15, 0.2) is 5.65 Å². The second-order valence-corrected chi connectivity index (χ2v) is 8.10. The van der Waals surface area contributed by atoms with Gasteiger partial charge in [-0.3, -0.25) is 4.98 Å². The maximum atomic E-state index is 9.92. The monoisotopic (exact) mass is 452 g/mol. The predicted molar refractivity (Wildman–Crippen MR) is 136 cm³/mol. The van der Waals surface area contributed by atoms with E-state index in [1.165, 1.54) is 5.39 Å². The van der Waals surface area contributed by atoms with Crippen LogP contribution in [0.25, 0.3) is 38.8 Å². The van der Waals surface area contributed by atoms with Crippen LogP contribution < -0.4 is 4.90 Å². The summed E-state index contributed by atoms with van der Waals surface area (Å²) >= 11 is 0. The number of pyridine rings is 1. The summed E-state index contributed by atoms with van der Waals surface area (Å²) in [4.78, 5) is 16.1. The van der Waals surface area contributed by atoms with Gasteiger partial charge in [0.05, 0.1) is 23.9 Å². The summed E-state index contributed by atoms with van der Waals surface area (Å²) in [5.41, 5.74) is 4.52. The van der Waals surface area contributed by atoms with Gasteiger partial charge in [0, 0.05) is 24.5 Å². The van der Waals surface area contributed by atoms with E-state index in [-0.39, 0.29) is 12.6 Å². The molecular formula is C27H28N6O. The van der Waals surface area contributed by atoms with E-state index in [1.54, 1.807) is 18.7 Å². The molecule has 2 aromatic carbocycles. The Kier molecular flexibility index (Phi) is 6.18. The van der Waals surface area contributed by atoms with Crippen LogP contribution in [0.5, 0.6) is 0 Å². The zero-order valence-corrected chi connectivity index (χ0v) is 19.5. The molecule has 1 fully saturated rings. The number of nitrogens with zero attached hydrogens (tertiary/aromatic N) is 6. The van der Waals surface area contributed by atoms with Gasteiger partial charge in [0.1, 0.15) is 6.33 Å². The van der Waals surface area contributed by atoms with Gasteiger partial charge in [0.25, 0.3) is 0 Å². The summed E-state index contributed by atoms with van der Waals surface area (Å²) in [6.07, 6.45) is 7.08. The molecule has 0 aliphatic carbocycles. The Balaban J connectivity index is 0.00000117. The number of hydrogen-bond acceptors (Lipinski definition) is 6. The normalized spacial score (nSPS) is 15.5. The first kappa shape index (κ1) is 22.0. The van der Waals surface area contributed by atoms with Crippen LogP contribution in [0.3, 0.4) is 0 Å². The van der Waals surface area contributed by atoms with Crippen LogP contribution in [0, 0.1) is 0 Å². The third kappa shape index (κ3) is 3.78. The lowest BCUT2D eigenvalue weighted by atomic mass is 9.98. The zero-order valence-electron chi connectivity index (χ0n) is 19.5. The molecule has 5 aromatic rings. The fraction of sp³-hybridized carbons (Fsp3) is 0.259. The summed E-state index contributed by atoms with van der Waals surface area (Å²) in [5, 5.41) is 16.8. The van der Waals surface area contributed by atoms with Gasteiger partial charge in [-0.05, 0) is 47.4 Å². The topological polar surface area (TPSA) is 79.4 Å². The van der Waals surface area contributed by atoms with Crippen LogP contribution in [0.15, 0.2) is 73.3 Å². The predicted octanol–water partition coefficient (Wildman–Crippen LogP) is 4.99. The number of benzene rings is 2. The molecule has 1 aliphatic rings. The Morgan fingerprint density at radius 2 is 1.76 bits per heavy atom. The van der Waals surface area contributed by atoms with Crippen molar-refractivity contribution in [1.29, 1.82) is 0 Å². The van der Waals surface area contributed by atoms with Crippen LogP contribution >= 0.6 is 0 Å². The van der Waals surface area contributed by atoms with Gasteiger partial charge in [-0.15, -0.1) is 0 Å². The number of fused-ring (bicyclic) bond motifs is 2. The van der Waals surface area contributed by atoms with E-state index in [4.69, 9.17) is 4.98 Å². The molecule has 7 heteroatoms. The summed E-state index contributed by atoms with van der Waals surface area (Å²) in [6, 6.07) is 18.7. The molecule has 172 valence electrons. The molecule has 0 bridgehead atoms. The van der Waals surface area contributed by atoms with Gasteiger partial charge in [0.2, 0.25) is 5.95 Å². The van der Waals surface area contributed by atoms with Gasteiger partial charge in [-0.1, -0.05) is 50.2 Å². The second kappa shape index (κ2) is 9.57. The first-order valence-corrected chi connectivity index (χ1v) is 11.8.